The van der Waals surface area contributed by atoms with E-state index < -0.39 is 40.6 Å². The topological polar surface area (TPSA) is 209 Å². The highest BCUT2D eigenvalue weighted by Crippen LogP contribution is 2.47. The van der Waals surface area contributed by atoms with Gasteiger partial charge in [-0.15, -0.1) is 28.4 Å². The molecular weight excluding hydrogens is 648 g/mol. The molecular formula is C23H25ClN8O6S4. The number of hydrogen-bond donors (Lipinski definition) is 5. The van der Waals surface area contributed by atoms with E-state index in [1.807, 2.05) is 6.92 Å². The van der Waals surface area contributed by atoms with Crippen molar-refractivity contribution in [1.82, 2.24) is 30.8 Å². The molecule has 224 valence electrons. The van der Waals surface area contributed by atoms with Gasteiger partial charge in [-0.05, 0) is 24.0 Å². The van der Waals surface area contributed by atoms with E-state index >= 15 is 0 Å². The Morgan fingerprint density at radius 2 is 2.14 bits per heavy atom. The number of nitrogen functional groups attached to an aromatic ring is 1. The number of aromatic nitrogens is 2. The van der Waals surface area contributed by atoms with E-state index in [9.17, 15) is 29.2 Å². The van der Waals surface area contributed by atoms with Crippen LogP contribution in [0.15, 0.2) is 39.1 Å². The fourth-order valence-electron chi connectivity index (χ4n) is 4.17. The molecule has 2 aliphatic rings. The van der Waals surface area contributed by atoms with Crippen LogP contribution in [0.3, 0.4) is 0 Å². The van der Waals surface area contributed by atoms with E-state index in [0.717, 1.165) is 16.2 Å². The van der Waals surface area contributed by atoms with Crippen molar-refractivity contribution in [2.24, 2.45) is 5.18 Å². The van der Waals surface area contributed by atoms with Crippen molar-refractivity contribution in [1.29, 1.82) is 0 Å². The number of carbonyl (C=O) groups excluding carboxylic acids is 3. The molecule has 19 heteroatoms. The molecule has 2 unspecified atom stereocenters. The van der Waals surface area contributed by atoms with E-state index in [2.05, 4.69) is 31.1 Å². The summed E-state index contributed by atoms with van der Waals surface area (Å²) in [6, 6.07) is -0.998. The minimum atomic E-state index is -1.63. The summed E-state index contributed by atoms with van der Waals surface area (Å²) in [7, 11) is 1.66. The fourth-order valence-corrected chi connectivity index (χ4v) is 8.73. The predicted molar refractivity (Wildman–Crippen MR) is 163 cm³/mol. The average Bonchev–Trinajstić information content (AvgIpc) is 3.28. The highest BCUT2D eigenvalue weighted by atomic mass is 35.5. The number of aliphatic carboxylic acids is 1. The maximum absolute atomic E-state index is 13.2. The lowest BCUT2D eigenvalue weighted by atomic mass is 10.0. The number of carboxylic acids is 1. The SMILES string of the molecule is CCSC(NC(=O)CNC)c1cnccc1SC1=C(C(=O)O)N2C(=O)[C@@H](NC(=O)C(N=O)c3nc(N)sc3Cl)[C@@H]2SC1. The second-order valence-corrected chi connectivity index (χ2v) is 13.9. The Balaban J connectivity index is 1.55. The van der Waals surface area contributed by atoms with Crippen LogP contribution < -0.4 is 21.7 Å². The fraction of sp³-hybridized carbons (Fsp3) is 0.391. The number of nitroso groups, excluding NO2 is 1. The lowest BCUT2D eigenvalue weighted by Crippen LogP contribution is -2.70. The Hall–Kier alpha value is -2.90. The monoisotopic (exact) mass is 672 g/mol. The summed E-state index contributed by atoms with van der Waals surface area (Å²) in [5.74, 6) is -2.17. The summed E-state index contributed by atoms with van der Waals surface area (Å²) < 4.78 is 0.0234. The molecule has 4 rings (SSSR count). The van der Waals surface area contributed by atoms with Crippen molar-refractivity contribution in [3.05, 3.63) is 49.6 Å². The summed E-state index contributed by atoms with van der Waals surface area (Å²) in [6.07, 6.45) is 3.18. The predicted octanol–water partition coefficient (Wildman–Crippen LogP) is 2.16. The molecule has 0 aromatic carbocycles. The first-order valence-electron chi connectivity index (χ1n) is 12.2. The smallest absolute Gasteiger partial charge is 0.353 e. The zero-order valence-electron chi connectivity index (χ0n) is 22.0. The zero-order chi connectivity index (χ0) is 30.6. The third kappa shape index (κ3) is 6.68. The molecule has 4 heterocycles. The van der Waals surface area contributed by atoms with Crippen molar-refractivity contribution < 1.29 is 24.3 Å². The molecule has 2 aromatic heterocycles. The first-order chi connectivity index (χ1) is 20.1. The van der Waals surface area contributed by atoms with Crippen LogP contribution in [0.5, 0.6) is 0 Å². The number of anilines is 1. The van der Waals surface area contributed by atoms with Gasteiger partial charge in [-0.2, -0.15) is 0 Å². The van der Waals surface area contributed by atoms with E-state index in [1.54, 1.807) is 25.5 Å². The Morgan fingerprint density at radius 1 is 1.38 bits per heavy atom. The van der Waals surface area contributed by atoms with Crippen molar-refractivity contribution in [3.63, 3.8) is 0 Å². The van der Waals surface area contributed by atoms with Crippen LogP contribution in [-0.2, 0) is 19.2 Å². The van der Waals surface area contributed by atoms with Crippen molar-refractivity contribution in [2.75, 3.05) is 30.8 Å². The molecule has 6 N–H and O–H groups in total. The van der Waals surface area contributed by atoms with Crippen molar-refractivity contribution in [3.8, 4) is 0 Å². The highest BCUT2D eigenvalue weighted by Gasteiger charge is 2.55. The van der Waals surface area contributed by atoms with Gasteiger partial charge < -0.3 is 26.8 Å². The molecule has 2 aliphatic heterocycles. The first kappa shape index (κ1) is 32.0. The quantitative estimate of drug-likeness (QED) is 0.118. The number of fused-ring (bicyclic) bond motifs is 1. The van der Waals surface area contributed by atoms with Gasteiger partial charge in [0.1, 0.15) is 32.5 Å². The van der Waals surface area contributed by atoms with Gasteiger partial charge in [-0.25, -0.2) is 9.78 Å². The first-order valence-corrected chi connectivity index (χ1v) is 16.3. The number of nitrogens with zero attached hydrogens (tertiary/aromatic N) is 4. The van der Waals surface area contributed by atoms with Gasteiger partial charge in [-0.3, -0.25) is 24.3 Å². The molecule has 0 bridgehead atoms. The summed E-state index contributed by atoms with van der Waals surface area (Å²) in [4.78, 5) is 72.5. The minimum absolute atomic E-state index is 0.0234. The molecule has 0 aliphatic carbocycles. The number of thiazole rings is 1. The number of hydrogen-bond acceptors (Lipinski definition) is 14. The Morgan fingerprint density at radius 3 is 2.76 bits per heavy atom. The number of thioether (sulfide) groups is 3. The highest BCUT2D eigenvalue weighted by molar-refractivity contribution is 8.06. The third-order valence-electron chi connectivity index (χ3n) is 5.96. The van der Waals surface area contributed by atoms with Crippen LogP contribution in [0, 0.1) is 4.91 Å². The second-order valence-electron chi connectivity index (χ2n) is 8.64. The van der Waals surface area contributed by atoms with Gasteiger partial charge in [0.15, 0.2) is 5.13 Å². The van der Waals surface area contributed by atoms with E-state index in [0.29, 0.717) is 21.1 Å². The molecule has 4 atom stereocenters. The third-order valence-corrected chi connectivity index (χ3v) is 10.8. The van der Waals surface area contributed by atoms with Gasteiger partial charge >= 0.3 is 5.97 Å². The number of likely N-dealkylation sites (N-methyl/N-ethyl adjacent to an activating group) is 1. The number of halogens is 1. The van der Waals surface area contributed by atoms with Crippen LogP contribution in [-0.4, -0.2) is 80.2 Å². The van der Waals surface area contributed by atoms with Crippen LogP contribution in [0.4, 0.5) is 5.13 Å². The molecule has 3 amide bonds. The number of carboxylic acid groups (broad SMARTS) is 1. The maximum atomic E-state index is 13.2. The number of nitrogens with two attached hydrogens (primary N) is 1. The second kappa shape index (κ2) is 14.0. The number of rotatable bonds is 13. The van der Waals surface area contributed by atoms with Crippen LogP contribution in [0.25, 0.3) is 0 Å². The standard InChI is InChI=1S/C23H25ClN8O6S4/c1-3-39-19(28-12(33)7-26-2)9-6-27-5-4-10(9)41-11-8-40-21-15(20(35)32(21)16(11)22(36)37)29-18(34)14(31-38)13-17(24)42-23(25)30-13/h4-6,14-15,19,21,26H,3,7-8H2,1-2H3,(H2,25,30)(H,28,33)(H,29,34)(H,36,37)/t14?,15-,19?,21+/m1/s1. The summed E-state index contributed by atoms with van der Waals surface area (Å²) in [6.45, 7) is 2.08. The minimum Gasteiger partial charge on any atom is -0.477 e. The van der Waals surface area contributed by atoms with E-state index in [1.165, 1.54) is 35.3 Å². The van der Waals surface area contributed by atoms with Crippen molar-refractivity contribution in [2.45, 2.75) is 34.7 Å². The lowest BCUT2D eigenvalue weighted by Gasteiger charge is -2.49. The maximum Gasteiger partial charge on any atom is 0.353 e. The average molecular weight is 673 g/mol. The number of β-lactam (4-membered cyclic amide) rings is 1. The molecule has 42 heavy (non-hydrogen) atoms. The molecule has 0 saturated carbocycles. The van der Waals surface area contributed by atoms with Crippen LogP contribution in [0.1, 0.15) is 29.6 Å². The normalized spacial score (nSPS) is 19.4. The van der Waals surface area contributed by atoms with Crippen molar-refractivity contribution >= 4 is 87.0 Å². The van der Waals surface area contributed by atoms with Gasteiger partial charge in [0.05, 0.1) is 6.54 Å². The zero-order valence-corrected chi connectivity index (χ0v) is 26.1. The molecule has 0 radical (unpaired) electrons. The Kier molecular flexibility index (Phi) is 10.7. The number of carbonyl (C=O) groups is 4. The number of pyridine rings is 1. The van der Waals surface area contributed by atoms with E-state index in [-0.39, 0.29) is 39.1 Å². The van der Waals surface area contributed by atoms with Gasteiger partial charge in [0.25, 0.3) is 11.8 Å². The Labute approximate surface area is 261 Å². The largest absolute Gasteiger partial charge is 0.477 e. The number of amides is 3. The summed E-state index contributed by atoms with van der Waals surface area (Å²) in [5, 5.41) is 20.0. The molecule has 0 spiro atoms. The van der Waals surface area contributed by atoms with Crippen LogP contribution >= 0.6 is 58.2 Å². The molecule has 1 saturated heterocycles. The number of nitrogens with one attached hydrogen (secondary N) is 3. The van der Waals surface area contributed by atoms with Gasteiger partial charge in [0, 0.05) is 33.5 Å². The Bertz CT molecular complexity index is 1440. The molecule has 2 aromatic rings. The van der Waals surface area contributed by atoms with E-state index in [4.69, 9.17) is 17.3 Å². The lowest BCUT2D eigenvalue weighted by molar-refractivity contribution is -0.150. The van der Waals surface area contributed by atoms with Gasteiger partial charge in [-0.1, -0.05) is 41.6 Å². The molecule has 1 fully saturated rings. The summed E-state index contributed by atoms with van der Waals surface area (Å²) >= 11 is 10.8. The molecule has 14 nitrogen and oxygen atoms in total. The van der Waals surface area contributed by atoms with Gasteiger partial charge in [0.2, 0.25) is 11.9 Å². The summed E-state index contributed by atoms with van der Waals surface area (Å²) in [5.41, 5.74) is 5.97. The van der Waals surface area contributed by atoms with Crippen LogP contribution in [0.2, 0.25) is 4.34 Å².